The van der Waals surface area contributed by atoms with Gasteiger partial charge in [0.2, 0.25) is 5.91 Å². The highest BCUT2D eigenvalue weighted by molar-refractivity contribution is 6.01. The van der Waals surface area contributed by atoms with Crippen molar-refractivity contribution >= 4 is 23.5 Å². The summed E-state index contributed by atoms with van der Waals surface area (Å²) < 4.78 is 16.9. The summed E-state index contributed by atoms with van der Waals surface area (Å²) in [4.78, 5) is 38.0. The van der Waals surface area contributed by atoms with Crippen molar-refractivity contribution in [2.75, 3.05) is 26.1 Å². The quantitative estimate of drug-likeness (QED) is 0.414. The second-order valence-electron chi connectivity index (χ2n) is 8.20. The highest BCUT2D eigenvalue weighted by Gasteiger charge is 2.25. The van der Waals surface area contributed by atoms with Crippen molar-refractivity contribution in [3.05, 3.63) is 66.0 Å². The molecule has 190 valence electrons. The van der Waals surface area contributed by atoms with E-state index in [1.807, 2.05) is 13.8 Å². The van der Waals surface area contributed by atoms with E-state index in [1.165, 1.54) is 18.9 Å². The van der Waals surface area contributed by atoms with E-state index in [9.17, 15) is 14.4 Å². The molecule has 2 aromatic carbocycles. The number of nitrogens with zero attached hydrogens (tertiary/aromatic N) is 2. The number of hydrogen-bond donors (Lipinski definition) is 2. The van der Waals surface area contributed by atoms with Crippen molar-refractivity contribution in [2.45, 2.75) is 26.8 Å². The summed E-state index contributed by atoms with van der Waals surface area (Å²) >= 11 is 0. The van der Waals surface area contributed by atoms with E-state index in [1.54, 1.807) is 61.7 Å². The van der Waals surface area contributed by atoms with Crippen LogP contribution in [-0.2, 0) is 9.53 Å². The van der Waals surface area contributed by atoms with E-state index in [0.717, 1.165) is 0 Å². The van der Waals surface area contributed by atoms with Crippen LogP contribution in [-0.4, -0.2) is 54.4 Å². The number of hydrogen-bond acceptors (Lipinski definition) is 7. The van der Waals surface area contributed by atoms with E-state index in [0.29, 0.717) is 28.4 Å². The Morgan fingerprint density at radius 1 is 1.00 bits per heavy atom. The fraction of sp³-hybridized carbons (Fsp3) is 0.308. The van der Waals surface area contributed by atoms with E-state index in [-0.39, 0.29) is 24.1 Å². The Balaban J connectivity index is 1.75. The van der Waals surface area contributed by atoms with Crippen LogP contribution in [0.15, 0.2) is 54.7 Å². The van der Waals surface area contributed by atoms with Gasteiger partial charge in [-0.3, -0.25) is 9.59 Å². The van der Waals surface area contributed by atoms with Crippen molar-refractivity contribution in [3.63, 3.8) is 0 Å². The van der Waals surface area contributed by atoms with Crippen LogP contribution in [0.3, 0.4) is 0 Å². The third kappa shape index (κ3) is 6.41. The van der Waals surface area contributed by atoms with Gasteiger partial charge >= 0.3 is 5.97 Å². The minimum atomic E-state index is -0.807. The largest absolute Gasteiger partial charge is 0.497 e. The highest BCUT2D eigenvalue weighted by atomic mass is 16.5. The number of benzene rings is 2. The van der Waals surface area contributed by atoms with Crippen LogP contribution in [0.5, 0.6) is 11.5 Å². The van der Waals surface area contributed by atoms with E-state index in [2.05, 4.69) is 15.7 Å². The van der Waals surface area contributed by atoms with Crippen LogP contribution in [0.2, 0.25) is 0 Å². The fourth-order valence-electron chi connectivity index (χ4n) is 3.43. The molecule has 2 N–H and O–H groups in total. The SMILES string of the molecule is CCOC(=O)c1ccn(-c2cccc(NC(=O)C(NC(=O)c3cc(OC)cc(OC)c3)C(C)C)c2)n1. The maximum atomic E-state index is 13.1. The molecule has 0 radical (unpaired) electrons. The standard InChI is InChI=1S/C26H30N4O6/c1-6-36-26(33)22-10-11-30(29-22)19-9-7-8-18(14-19)27-25(32)23(16(2)3)28-24(31)17-12-20(34-4)15-21(13-17)35-5/h7-16,23H,6H2,1-5H3,(H,27,32)(H,28,31). The number of aromatic nitrogens is 2. The lowest BCUT2D eigenvalue weighted by atomic mass is 10.0. The molecule has 1 atom stereocenters. The van der Waals surface area contributed by atoms with Crippen LogP contribution in [0.1, 0.15) is 41.6 Å². The minimum absolute atomic E-state index is 0.183. The number of methoxy groups -OCH3 is 2. The first-order valence-electron chi connectivity index (χ1n) is 11.4. The molecule has 0 aliphatic heterocycles. The van der Waals surface area contributed by atoms with Crippen molar-refractivity contribution in [1.82, 2.24) is 15.1 Å². The van der Waals surface area contributed by atoms with E-state index in [4.69, 9.17) is 14.2 Å². The molecular formula is C26H30N4O6. The number of nitrogens with one attached hydrogen (secondary N) is 2. The molecule has 0 aliphatic rings. The van der Waals surface area contributed by atoms with E-state index >= 15 is 0 Å². The van der Waals surface area contributed by atoms with Gasteiger partial charge < -0.3 is 24.8 Å². The molecule has 3 rings (SSSR count). The van der Waals surface area contributed by atoms with Crippen LogP contribution < -0.4 is 20.1 Å². The van der Waals surface area contributed by atoms with Crippen LogP contribution in [0.25, 0.3) is 5.69 Å². The zero-order valence-electron chi connectivity index (χ0n) is 20.9. The number of ether oxygens (including phenoxy) is 3. The first-order valence-corrected chi connectivity index (χ1v) is 11.4. The zero-order chi connectivity index (χ0) is 26.2. The Kier molecular flexibility index (Phi) is 8.66. The van der Waals surface area contributed by atoms with Gasteiger partial charge in [-0.2, -0.15) is 5.10 Å². The first-order chi connectivity index (χ1) is 17.2. The number of carbonyl (C=O) groups excluding carboxylic acids is 3. The van der Waals surface area contributed by atoms with Crippen molar-refractivity contribution in [3.8, 4) is 17.2 Å². The van der Waals surface area contributed by atoms with Gasteiger partial charge in [-0.25, -0.2) is 9.48 Å². The van der Waals surface area contributed by atoms with Crippen LogP contribution >= 0.6 is 0 Å². The zero-order valence-corrected chi connectivity index (χ0v) is 20.9. The molecule has 1 heterocycles. The topological polar surface area (TPSA) is 121 Å². The molecule has 0 fully saturated rings. The van der Waals surface area contributed by atoms with Crippen molar-refractivity contribution in [2.24, 2.45) is 5.92 Å². The first kappa shape index (κ1) is 26.3. The van der Waals surface area contributed by atoms with Crippen molar-refractivity contribution in [1.29, 1.82) is 0 Å². The Bertz CT molecular complexity index is 1210. The predicted molar refractivity (Wildman–Crippen MR) is 134 cm³/mol. The number of esters is 1. The Labute approximate surface area is 209 Å². The molecule has 1 unspecified atom stereocenters. The van der Waals surface area contributed by atoms with Gasteiger partial charge in [0.25, 0.3) is 5.91 Å². The molecule has 2 amide bonds. The van der Waals surface area contributed by atoms with Gasteiger partial charge in [-0.05, 0) is 49.2 Å². The summed E-state index contributed by atoms with van der Waals surface area (Å²) in [6, 6.07) is 12.5. The summed E-state index contributed by atoms with van der Waals surface area (Å²) in [5, 5.41) is 9.88. The highest BCUT2D eigenvalue weighted by Crippen LogP contribution is 2.23. The lowest BCUT2D eigenvalue weighted by Gasteiger charge is -2.22. The fourth-order valence-corrected chi connectivity index (χ4v) is 3.43. The Morgan fingerprint density at radius 3 is 2.31 bits per heavy atom. The molecule has 3 aromatic rings. The number of rotatable bonds is 10. The van der Waals surface area contributed by atoms with Gasteiger partial charge in [0.1, 0.15) is 17.5 Å². The second-order valence-corrected chi connectivity index (χ2v) is 8.20. The molecular weight excluding hydrogens is 464 g/mol. The molecule has 36 heavy (non-hydrogen) atoms. The van der Waals surface area contributed by atoms with Gasteiger partial charge in [-0.1, -0.05) is 19.9 Å². The number of amides is 2. The summed E-state index contributed by atoms with van der Waals surface area (Å²) in [5.41, 5.74) is 1.64. The average Bonchev–Trinajstić information content (AvgIpc) is 3.37. The Hall–Kier alpha value is -4.34. The molecule has 0 saturated carbocycles. The van der Waals surface area contributed by atoms with E-state index < -0.39 is 17.9 Å². The number of carbonyl (C=O) groups is 3. The molecule has 0 aliphatic carbocycles. The predicted octanol–water partition coefficient (Wildman–Crippen LogP) is 3.46. The van der Waals surface area contributed by atoms with Gasteiger partial charge in [0.15, 0.2) is 5.69 Å². The summed E-state index contributed by atoms with van der Waals surface area (Å²) in [6.07, 6.45) is 1.63. The number of anilines is 1. The third-order valence-corrected chi connectivity index (χ3v) is 5.30. The average molecular weight is 495 g/mol. The van der Waals surface area contributed by atoms with Crippen molar-refractivity contribution < 1.29 is 28.6 Å². The molecule has 10 nitrogen and oxygen atoms in total. The van der Waals surface area contributed by atoms with Crippen LogP contribution in [0.4, 0.5) is 5.69 Å². The molecule has 0 bridgehead atoms. The monoisotopic (exact) mass is 494 g/mol. The smallest absolute Gasteiger partial charge is 0.358 e. The lowest BCUT2D eigenvalue weighted by Crippen LogP contribution is -2.47. The summed E-state index contributed by atoms with van der Waals surface area (Å²) in [7, 11) is 2.99. The molecule has 10 heteroatoms. The second kappa shape index (κ2) is 11.9. The summed E-state index contributed by atoms with van der Waals surface area (Å²) in [5.74, 6) is -0.582. The normalized spacial score (nSPS) is 11.5. The molecule has 0 spiro atoms. The van der Waals surface area contributed by atoms with Crippen LogP contribution in [0, 0.1) is 5.92 Å². The lowest BCUT2D eigenvalue weighted by molar-refractivity contribution is -0.118. The van der Waals surface area contributed by atoms with Gasteiger partial charge in [0, 0.05) is 23.5 Å². The molecule has 0 saturated heterocycles. The Morgan fingerprint density at radius 2 is 1.69 bits per heavy atom. The maximum Gasteiger partial charge on any atom is 0.358 e. The van der Waals surface area contributed by atoms with Gasteiger partial charge in [0.05, 0.1) is 26.5 Å². The third-order valence-electron chi connectivity index (χ3n) is 5.30. The van der Waals surface area contributed by atoms with Gasteiger partial charge in [-0.15, -0.1) is 0 Å². The molecule has 1 aromatic heterocycles. The minimum Gasteiger partial charge on any atom is -0.497 e. The maximum absolute atomic E-state index is 13.1. The summed E-state index contributed by atoms with van der Waals surface area (Å²) in [6.45, 7) is 5.66.